The van der Waals surface area contributed by atoms with Crippen LogP contribution in [0.1, 0.15) is 49.7 Å². The fourth-order valence-electron chi connectivity index (χ4n) is 2.56. The summed E-state index contributed by atoms with van der Waals surface area (Å²) in [6, 6.07) is 0. The lowest BCUT2D eigenvalue weighted by Crippen LogP contribution is -2.27. The van der Waals surface area contributed by atoms with Crippen molar-refractivity contribution in [1.29, 1.82) is 0 Å². The second-order valence-corrected chi connectivity index (χ2v) is 5.68. The normalized spacial score (nSPS) is 25.1. The third-order valence-corrected chi connectivity index (χ3v) is 4.50. The SMILES string of the molecule is CCC1CCCCC1OCc1csc(CN)n1. The molecule has 0 saturated heterocycles. The first-order valence-corrected chi connectivity index (χ1v) is 7.46. The van der Waals surface area contributed by atoms with Gasteiger partial charge in [-0.15, -0.1) is 11.3 Å². The van der Waals surface area contributed by atoms with Crippen molar-refractivity contribution in [2.24, 2.45) is 11.7 Å². The molecule has 2 N–H and O–H groups in total. The first-order chi connectivity index (χ1) is 8.33. The maximum Gasteiger partial charge on any atom is 0.107 e. The number of thiazole rings is 1. The molecule has 3 nitrogen and oxygen atoms in total. The summed E-state index contributed by atoms with van der Waals surface area (Å²) >= 11 is 1.63. The zero-order chi connectivity index (χ0) is 12.1. The van der Waals surface area contributed by atoms with Crippen LogP contribution in [0.15, 0.2) is 5.38 Å². The number of rotatable bonds is 5. The van der Waals surface area contributed by atoms with Crippen LogP contribution in [0.3, 0.4) is 0 Å². The van der Waals surface area contributed by atoms with E-state index in [1.807, 2.05) is 0 Å². The molecule has 1 aromatic heterocycles. The first kappa shape index (κ1) is 13.0. The molecule has 2 atom stereocenters. The summed E-state index contributed by atoms with van der Waals surface area (Å²) in [7, 11) is 0. The summed E-state index contributed by atoms with van der Waals surface area (Å²) in [6.07, 6.45) is 6.89. The van der Waals surface area contributed by atoms with Gasteiger partial charge < -0.3 is 10.5 Å². The highest BCUT2D eigenvalue weighted by molar-refractivity contribution is 7.09. The minimum atomic E-state index is 0.441. The molecule has 0 aromatic carbocycles. The van der Waals surface area contributed by atoms with Crippen molar-refractivity contribution >= 4 is 11.3 Å². The molecule has 0 spiro atoms. The van der Waals surface area contributed by atoms with Crippen molar-refractivity contribution in [2.75, 3.05) is 0 Å². The molecular formula is C13H22N2OS. The Kier molecular flexibility index (Phi) is 4.95. The van der Waals surface area contributed by atoms with Crippen LogP contribution in [0.2, 0.25) is 0 Å². The smallest absolute Gasteiger partial charge is 0.107 e. The molecule has 1 heterocycles. The van der Waals surface area contributed by atoms with Crippen molar-refractivity contribution in [3.05, 3.63) is 16.1 Å². The zero-order valence-electron chi connectivity index (χ0n) is 10.5. The van der Waals surface area contributed by atoms with Crippen molar-refractivity contribution in [3.63, 3.8) is 0 Å². The fraction of sp³-hybridized carbons (Fsp3) is 0.769. The van der Waals surface area contributed by atoms with E-state index in [9.17, 15) is 0 Å². The van der Waals surface area contributed by atoms with Crippen molar-refractivity contribution < 1.29 is 4.74 Å². The number of nitrogens with zero attached hydrogens (tertiary/aromatic N) is 1. The summed E-state index contributed by atoms with van der Waals surface area (Å²) in [5.41, 5.74) is 6.59. The van der Waals surface area contributed by atoms with Crippen molar-refractivity contribution in [1.82, 2.24) is 4.98 Å². The monoisotopic (exact) mass is 254 g/mol. The standard InChI is InChI=1S/C13H22N2OS/c1-2-10-5-3-4-6-12(10)16-8-11-9-17-13(7-14)15-11/h9-10,12H,2-8,14H2,1H3. The Labute approximate surface area is 107 Å². The Hall–Kier alpha value is -0.450. The molecule has 1 aromatic rings. The van der Waals surface area contributed by atoms with E-state index in [0.29, 0.717) is 19.3 Å². The molecular weight excluding hydrogens is 232 g/mol. The van der Waals surface area contributed by atoms with Gasteiger partial charge in [0.25, 0.3) is 0 Å². The molecule has 1 saturated carbocycles. The van der Waals surface area contributed by atoms with E-state index in [4.69, 9.17) is 10.5 Å². The average molecular weight is 254 g/mol. The second-order valence-electron chi connectivity index (χ2n) is 4.74. The molecule has 2 unspecified atom stereocenters. The van der Waals surface area contributed by atoms with Crippen LogP contribution >= 0.6 is 11.3 Å². The van der Waals surface area contributed by atoms with Gasteiger partial charge in [-0.2, -0.15) is 0 Å². The van der Waals surface area contributed by atoms with Crippen molar-refractivity contribution in [2.45, 2.75) is 58.3 Å². The van der Waals surface area contributed by atoms with E-state index in [1.54, 1.807) is 11.3 Å². The van der Waals surface area contributed by atoms with Gasteiger partial charge in [-0.25, -0.2) is 4.98 Å². The molecule has 0 aliphatic heterocycles. The zero-order valence-corrected chi connectivity index (χ0v) is 11.3. The van der Waals surface area contributed by atoms with Gasteiger partial charge in [0.1, 0.15) is 5.01 Å². The molecule has 0 radical (unpaired) electrons. The number of ether oxygens (including phenoxy) is 1. The van der Waals surface area contributed by atoms with E-state index in [1.165, 1.54) is 32.1 Å². The summed E-state index contributed by atoms with van der Waals surface area (Å²) in [5.74, 6) is 0.747. The Morgan fingerprint density at radius 2 is 2.29 bits per heavy atom. The molecule has 1 aliphatic rings. The number of hydrogen-bond acceptors (Lipinski definition) is 4. The van der Waals surface area contributed by atoms with Gasteiger partial charge in [0.05, 0.1) is 18.4 Å². The Morgan fingerprint density at radius 3 is 3.00 bits per heavy atom. The van der Waals surface area contributed by atoms with E-state index < -0.39 is 0 Å². The van der Waals surface area contributed by atoms with Gasteiger partial charge in [-0.05, 0) is 18.8 Å². The third kappa shape index (κ3) is 3.50. The number of nitrogens with two attached hydrogens (primary N) is 1. The second kappa shape index (κ2) is 6.47. The molecule has 17 heavy (non-hydrogen) atoms. The quantitative estimate of drug-likeness (QED) is 0.878. The first-order valence-electron chi connectivity index (χ1n) is 6.58. The highest BCUT2D eigenvalue weighted by Crippen LogP contribution is 2.29. The molecule has 0 amide bonds. The highest BCUT2D eigenvalue weighted by atomic mass is 32.1. The topological polar surface area (TPSA) is 48.1 Å². The third-order valence-electron chi connectivity index (χ3n) is 3.58. The summed E-state index contributed by atoms with van der Waals surface area (Å²) in [4.78, 5) is 4.43. The van der Waals surface area contributed by atoms with Crippen molar-refractivity contribution in [3.8, 4) is 0 Å². The molecule has 2 rings (SSSR count). The number of aromatic nitrogens is 1. The fourth-order valence-corrected chi connectivity index (χ4v) is 3.22. The van der Waals surface area contributed by atoms with Crippen LogP contribution in [0.25, 0.3) is 0 Å². The van der Waals surface area contributed by atoms with Crippen LogP contribution < -0.4 is 5.73 Å². The van der Waals surface area contributed by atoms with E-state index in [0.717, 1.165) is 16.6 Å². The van der Waals surface area contributed by atoms with Crippen LogP contribution in [-0.2, 0) is 17.9 Å². The lowest BCUT2D eigenvalue weighted by molar-refractivity contribution is -0.0233. The lowest BCUT2D eigenvalue weighted by atomic mass is 9.85. The van der Waals surface area contributed by atoms with E-state index in [-0.39, 0.29) is 0 Å². The molecule has 0 bridgehead atoms. The predicted molar refractivity (Wildman–Crippen MR) is 70.8 cm³/mol. The Bertz CT molecular complexity index is 340. The molecule has 1 fully saturated rings. The molecule has 96 valence electrons. The summed E-state index contributed by atoms with van der Waals surface area (Å²) in [5, 5.41) is 3.06. The highest BCUT2D eigenvalue weighted by Gasteiger charge is 2.24. The van der Waals surface area contributed by atoms with Gasteiger partial charge in [-0.3, -0.25) is 0 Å². The minimum Gasteiger partial charge on any atom is -0.372 e. The molecule has 4 heteroatoms. The van der Waals surface area contributed by atoms with Gasteiger partial charge in [0, 0.05) is 11.9 Å². The Morgan fingerprint density at radius 1 is 1.47 bits per heavy atom. The van der Waals surface area contributed by atoms with Crippen LogP contribution in [-0.4, -0.2) is 11.1 Å². The number of hydrogen-bond donors (Lipinski definition) is 1. The minimum absolute atomic E-state index is 0.441. The Balaban J connectivity index is 1.83. The average Bonchev–Trinajstić information content (AvgIpc) is 2.84. The summed E-state index contributed by atoms with van der Waals surface area (Å²) in [6.45, 7) is 3.45. The van der Waals surface area contributed by atoms with Gasteiger partial charge in [0.2, 0.25) is 0 Å². The van der Waals surface area contributed by atoms with E-state index in [2.05, 4.69) is 17.3 Å². The van der Waals surface area contributed by atoms with Crippen LogP contribution in [0, 0.1) is 5.92 Å². The maximum absolute atomic E-state index is 6.03. The maximum atomic E-state index is 6.03. The largest absolute Gasteiger partial charge is 0.372 e. The van der Waals surface area contributed by atoms with Crippen LogP contribution in [0.5, 0.6) is 0 Å². The van der Waals surface area contributed by atoms with Gasteiger partial charge in [0.15, 0.2) is 0 Å². The van der Waals surface area contributed by atoms with E-state index >= 15 is 0 Å². The van der Waals surface area contributed by atoms with Gasteiger partial charge in [-0.1, -0.05) is 26.2 Å². The van der Waals surface area contributed by atoms with Gasteiger partial charge >= 0.3 is 0 Å². The lowest BCUT2D eigenvalue weighted by Gasteiger charge is -2.30. The predicted octanol–water partition coefficient (Wildman–Crippen LogP) is 3.09. The molecule has 1 aliphatic carbocycles. The van der Waals surface area contributed by atoms with Crippen LogP contribution in [0.4, 0.5) is 0 Å². The summed E-state index contributed by atoms with van der Waals surface area (Å²) < 4.78 is 6.03.